The minimum atomic E-state index is 0.444. The number of hydrogen-bond acceptors (Lipinski definition) is 1. The standard InChI is InChI=1S/C11H13NO/c13-9-12-7-6-11(12)8-10-4-2-1-3-5-10/h1-5,9,11H,6-8H2. The summed E-state index contributed by atoms with van der Waals surface area (Å²) in [5.41, 5.74) is 1.32. The van der Waals surface area contributed by atoms with Crippen molar-refractivity contribution in [1.29, 1.82) is 0 Å². The van der Waals surface area contributed by atoms with Gasteiger partial charge < -0.3 is 4.90 Å². The third kappa shape index (κ3) is 1.72. The van der Waals surface area contributed by atoms with Crippen LogP contribution in [0, 0.1) is 0 Å². The van der Waals surface area contributed by atoms with Crippen molar-refractivity contribution >= 4 is 6.41 Å². The zero-order chi connectivity index (χ0) is 9.10. The molecule has 0 aromatic heterocycles. The molecule has 0 bridgehead atoms. The van der Waals surface area contributed by atoms with E-state index in [4.69, 9.17) is 0 Å². The van der Waals surface area contributed by atoms with E-state index in [1.807, 2.05) is 23.1 Å². The Labute approximate surface area is 78.2 Å². The van der Waals surface area contributed by atoms with E-state index >= 15 is 0 Å². The number of carbonyl (C=O) groups is 1. The quantitative estimate of drug-likeness (QED) is 0.637. The molecule has 1 fully saturated rings. The average molecular weight is 175 g/mol. The molecule has 1 saturated heterocycles. The molecule has 68 valence electrons. The largest absolute Gasteiger partial charge is 0.342 e. The van der Waals surface area contributed by atoms with Crippen LogP contribution in [-0.2, 0) is 11.2 Å². The lowest BCUT2D eigenvalue weighted by Gasteiger charge is -2.38. The minimum Gasteiger partial charge on any atom is -0.342 e. The lowest BCUT2D eigenvalue weighted by atomic mass is 9.96. The molecule has 0 saturated carbocycles. The van der Waals surface area contributed by atoms with Crippen molar-refractivity contribution in [2.45, 2.75) is 18.9 Å². The van der Waals surface area contributed by atoms with E-state index in [0.717, 1.165) is 25.8 Å². The van der Waals surface area contributed by atoms with Gasteiger partial charge in [0.05, 0.1) is 0 Å². The first kappa shape index (κ1) is 8.30. The van der Waals surface area contributed by atoms with Crippen LogP contribution in [0.2, 0.25) is 0 Å². The van der Waals surface area contributed by atoms with E-state index in [9.17, 15) is 4.79 Å². The minimum absolute atomic E-state index is 0.444. The Morgan fingerprint density at radius 1 is 1.38 bits per heavy atom. The van der Waals surface area contributed by atoms with E-state index in [1.54, 1.807) is 0 Å². The second kappa shape index (κ2) is 3.60. The van der Waals surface area contributed by atoms with Gasteiger partial charge in [0.2, 0.25) is 6.41 Å². The number of likely N-dealkylation sites (tertiary alicyclic amines) is 1. The zero-order valence-electron chi connectivity index (χ0n) is 7.52. The van der Waals surface area contributed by atoms with Gasteiger partial charge in [0, 0.05) is 12.6 Å². The Hall–Kier alpha value is -1.31. The number of nitrogens with zero attached hydrogens (tertiary/aromatic N) is 1. The summed E-state index contributed by atoms with van der Waals surface area (Å²) in [7, 11) is 0. The second-order valence-corrected chi connectivity index (χ2v) is 3.48. The molecule has 1 aromatic rings. The maximum atomic E-state index is 10.5. The highest BCUT2D eigenvalue weighted by atomic mass is 16.1. The summed E-state index contributed by atoms with van der Waals surface area (Å²) in [6.07, 6.45) is 3.10. The normalized spacial score (nSPS) is 20.9. The van der Waals surface area contributed by atoms with E-state index in [-0.39, 0.29) is 0 Å². The molecule has 2 nitrogen and oxygen atoms in total. The van der Waals surface area contributed by atoms with Crippen molar-refractivity contribution in [2.75, 3.05) is 6.54 Å². The van der Waals surface area contributed by atoms with Crippen LogP contribution in [0.15, 0.2) is 30.3 Å². The molecule has 1 atom stereocenters. The summed E-state index contributed by atoms with van der Waals surface area (Å²) >= 11 is 0. The Bertz CT molecular complexity index is 283. The van der Waals surface area contributed by atoms with Gasteiger partial charge in [-0.1, -0.05) is 30.3 Å². The van der Waals surface area contributed by atoms with Crippen LogP contribution in [0.1, 0.15) is 12.0 Å². The molecule has 1 aromatic carbocycles. The molecule has 0 aliphatic carbocycles. The first-order valence-electron chi connectivity index (χ1n) is 4.65. The fraction of sp³-hybridized carbons (Fsp3) is 0.364. The van der Waals surface area contributed by atoms with Gasteiger partial charge in [-0.3, -0.25) is 4.79 Å². The smallest absolute Gasteiger partial charge is 0.209 e. The van der Waals surface area contributed by atoms with E-state index in [0.29, 0.717) is 6.04 Å². The number of benzene rings is 1. The molecule has 0 radical (unpaired) electrons. The van der Waals surface area contributed by atoms with Crippen LogP contribution >= 0.6 is 0 Å². The first-order chi connectivity index (χ1) is 6.40. The van der Waals surface area contributed by atoms with Crippen molar-refractivity contribution in [3.63, 3.8) is 0 Å². The van der Waals surface area contributed by atoms with Crippen LogP contribution in [-0.4, -0.2) is 23.9 Å². The summed E-state index contributed by atoms with van der Waals surface area (Å²) in [6.45, 7) is 0.932. The highest BCUT2D eigenvalue weighted by Gasteiger charge is 2.25. The fourth-order valence-corrected chi connectivity index (χ4v) is 1.71. The van der Waals surface area contributed by atoms with Gasteiger partial charge in [-0.15, -0.1) is 0 Å². The molecular formula is C11H13NO. The third-order valence-corrected chi connectivity index (χ3v) is 2.64. The molecule has 1 aliphatic rings. The van der Waals surface area contributed by atoms with Crippen molar-refractivity contribution < 1.29 is 4.79 Å². The predicted octanol–water partition coefficient (Wildman–Crippen LogP) is 1.46. The Morgan fingerprint density at radius 2 is 2.15 bits per heavy atom. The summed E-state index contributed by atoms with van der Waals surface area (Å²) in [5.74, 6) is 0. The predicted molar refractivity (Wildman–Crippen MR) is 51.3 cm³/mol. The van der Waals surface area contributed by atoms with Crippen LogP contribution in [0.5, 0.6) is 0 Å². The van der Waals surface area contributed by atoms with Crippen LogP contribution in [0.4, 0.5) is 0 Å². The van der Waals surface area contributed by atoms with Gasteiger partial charge in [0.15, 0.2) is 0 Å². The maximum Gasteiger partial charge on any atom is 0.209 e. The SMILES string of the molecule is O=CN1CCC1Cc1ccccc1. The number of amides is 1. The first-order valence-corrected chi connectivity index (χ1v) is 4.65. The Kier molecular flexibility index (Phi) is 2.30. The lowest BCUT2D eigenvalue weighted by molar-refractivity contribution is -0.124. The summed E-state index contributed by atoms with van der Waals surface area (Å²) in [4.78, 5) is 12.4. The van der Waals surface area contributed by atoms with Gasteiger partial charge in [-0.05, 0) is 18.4 Å². The summed E-state index contributed by atoms with van der Waals surface area (Å²) in [6, 6.07) is 10.8. The van der Waals surface area contributed by atoms with Crippen molar-refractivity contribution in [3.05, 3.63) is 35.9 Å². The topological polar surface area (TPSA) is 20.3 Å². The van der Waals surface area contributed by atoms with E-state index in [1.165, 1.54) is 5.56 Å². The number of rotatable bonds is 3. The fourth-order valence-electron chi connectivity index (χ4n) is 1.71. The number of carbonyl (C=O) groups excluding carboxylic acids is 1. The maximum absolute atomic E-state index is 10.5. The van der Waals surface area contributed by atoms with Crippen molar-refractivity contribution in [3.8, 4) is 0 Å². The molecule has 1 heterocycles. The molecule has 2 heteroatoms. The van der Waals surface area contributed by atoms with Gasteiger partial charge in [0.25, 0.3) is 0 Å². The molecular weight excluding hydrogens is 162 g/mol. The van der Waals surface area contributed by atoms with Gasteiger partial charge in [0.1, 0.15) is 0 Å². The van der Waals surface area contributed by atoms with Crippen LogP contribution < -0.4 is 0 Å². The van der Waals surface area contributed by atoms with Crippen molar-refractivity contribution in [1.82, 2.24) is 4.90 Å². The van der Waals surface area contributed by atoms with E-state index in [2.05, 4.69) is 12.1 Å². The average Bonchev–Trinajstić information content (AvgIpc) is 2.15. The van der Waals surface area contributed by atoms with E-state index < -0.39 is 0 Å². The summed E-state index contributed by atoms with van der Waals surface area (Å²) in [5, 5.41) is 0. The van der Waals surface area contributed by atoms with Crippen LogP contribution in [0.25, 0.3) is 0 Å². The zero-order valence-corrected chi connectivity index (χ0v) is 7.52. The Morgan fingerprint density at radius 3 is 2.69 bits per heavy atom. The molecule has 0 spiro atoms. The molecule has 1 aliphatic heterocycles. The van der Waals surface area contributed by atoms with Gasteiger partial charge >= 0.3 is 0 Å². The Balaban J connectivity index is 1.95. The van der Waals surface area contributed by atoms with Crippen LogP contribution in [0.3, 0.4) is 0 Å². The molecule has 2 rings (SSSR count). The van der Waals surface area contributed by atoms with Gasteiger partial charge in [-0.2, -0.15) is 0 Å². The lowest BCUT2D eigenvalue weighted by Crippen LogP contribution is -2.47. The second-order valence-electron chi connectivity index (χ2n) is 3.48. The molecule has 13 heavy (non-hydrogen) atoms. The molecule has 0 N–H and O–H groups in total. The number of hydrogen-bond donors (Lipinski definition) is 0. The highest BCUT2D eigenvalue weighted by molar-refractivity contribution is 5.49. The monoisotopic (exact) mass is 175 g/mol. The molecule has 1 amide bonds. The van der Waals surface area contributed by atoms with Gasteiger partial charge in [-0.25, -0.2) is 0 Å². The summed E-state index contributed by atoms with van der Waals surface area (Å²) < 4.78 is 0. The highest BCUT2D eigenvalue weighted by Crippen LogP contribution is 2.19. The van der Waals surface area contributed by atoms with Crippen molar-refractivity contribution in [2.24, 2.45) is 0 Å². The molecule has 1 unspecified atom stereocenters. The third-order valence-electron chi connectivity index (χ3n) is 2.64.